The summed E-state index contributed by atoms with van der Waals surface area (Å²) in [5.41, 5.74) is 3.66. The zero-order chi connectivity index (χ0) is 20.1. The van der Waals surface area contributed by atoms with Crippen LogP contribution in [0.3, 0.4) is 0 Å². The summed E-state index contributed by atoms with van der Waals surface area (Å²) in [4.78, 5) is 13.4. The molecule has 4 heteroatoms. The number of nitrogens with zero attached hydrogens (tertiary/aromatic N) is 2. The van der Waals surface area contributed by atoms with Gasteiger partial charge >= 0.3 is 0 Å². The van der Waals surface area contributed by atoms with E-state index >= 15 is 0 Å². The van der Waals surface area contributed by atoms with Crippen molar-refractivity contribution in [3.8, 4) is 5.69 Å². The summed E-state index contributed by atoms with van der Waals surface area (Å²) in [7, 11) is 0. The standard InChI is InChI=1S/C26H27N3O/c30-25(27-21-7-3-1-4-8-21)23-17-29(22-9-5-2-6-10-22)28-24(23)26-14-18-11-19(15-26)13-20(12-18)16-26/h1-10,17-20H,11-16H2,(H,27,30). The summed E-state index contributed by atoms with van der Waals surface area (Å²) in [6.07, 6.45) is 9.66. The molecule has 2 aromatic carbocycles. The lowest BCUT2D eigenvalue weighted by atomic mass is 9.48. The van der Waals surface area contributed by atoms with Crippen molar-refractivity contribution in [1.29, 1.82) is 0 Å². The van der Waals surface area contributed by atoms with E-state index in [1.54, 1.807) is 0 Å². The molecule has 1 N–H and O–H groups in total. The molecule has 4 saturated carbocycles. The van der Waals surface area contributed by atoms with Crippen molar-refractivity contribution in [2.24, 2.45) is 17.8 Å². The van der Waals surface area contributed by atoms with E-state index in [0.717, 1.165) is 40.4 Å². The molecule has 30 heavy (non-hydrogen) atoms. The molecule has 0 aliphatic heterocycles. The van der Waals surface area contributed by atoms with Gasteiger partial charge in [0, 0.05) is 17.3 Å². The van der Waals surface area contributed by atoms with Gasteiger partial charge in [-0.3, -0.25) is 4.79 Å². The monoisotopic (exact) mass is 397 g/mol. The zero-order valence-corrected chi connectivity index (χ0v) is 17.1. The molecule has 4 bridgehead atoms. The van der Waals surface area contributed by atoms with E-state index in [9.17, 15) is 4.79 Å². The number of carbonyl (C=O) groups excluding carboxylic acids is 1. The fraction of sp³-hybridized carbons (Fsp3) is 0.385. The number of nitrogens with one attached hydrogen (secondary N) is 1. The van der Waals surface area contributed by atoms with Gasteiger partial charge in [-0.1, -0.05) is 36.4 Å². The molecule has 1 heterocycles. The molecule has 0 spiro atoms. The van der Waals surface area contributed by atoms with E-state index in [1.165, 1.54) is 38.5 Å². The van der Waals surface area contributed by atoms with E-state index in [-0.39, 0.29) is 11.3 Å². The third kappa shape index (κ3) is 2.97. The van der Waals surface area contributed by atoms with Crippen molar-refractivity contribution in [1.82, 2.24) is 9.78 Å². The molecule has 0 radical (unpaired) electrons. The minimum Gasteiger partial charge on any atom is -0.322 e. The number of anilines is 1. The van der Waals surface area contributed by atoms with Crippen LogP contribution in [0.1, 0.15) is 54.6 Å². The maximum atomic E-state index is 13.4. The molecule has 4 nitrogen and oxygen atoms in total. The second-order valence-corrected chi connectivity index (χ2v) is 9.69. The van der Waals surface area contributed by atoms with Gasteiger partial charge in [-0.05, 0) is 80.5 Å². The lowest BCUT2D eigenvalue weighted by Crippen LogP contribution is -2.49. The van der Waals surface area contributed by atoms with Gasteiger partial charge in [0.25, 0.3) is 5.91 Å². The average Bonchev–Trinajstić information content (AvgIpc) is 3.21. The number of aromatic nitrogens is 2. The van der Waals surface area contributed by atoms with Crippen LogP contribution in [0.5, 0.6) is 0 Å². The van der Waals surface area contributed by atoms with Crippen LogP contribution in [0.25, 0.3) is 5.69 Å². The van der Waals surface area contributed by atoms with E-state index in [2.05, 4.69) is 17.4 Å². The molecule has 4 aliphatic carbocycles. The predicted octanol–water partition coefficient (Wildman–Crippen LogP) is 5.59. The van der Waals surface area contributed by atoms with Gasteiger partial charge in [0.15, 0.2) is 0 Å². The maximum absolute atomic E-state index is 13.4. The molecular formula is C26H27N3O. The first-order valence-electron chi connectivity index (χ1n) is 11.2. The minimum absolute atomic E-state index is 0.0471. The van der Waals surface area contributed by atoms with Crippen LogP contribution >= 0.6 is 0 Å². The molecule has 7 rings (SSSR count). The smallest absolute Gasteiger partial charge is 0.259 e. The molecule has 0 unspecified atom stereocenters. The second-order valence-electron chi connectivity index (χ2n) is 9.69. The molecule has 152 valence electrons. The zero-order valence-electron chi connectivity index (χ0n) is 17.1. The number of carbonyl (C=O) groups is 1. The summed E-state index contributed by atoms with van der Waals surface area (Å²) >= 11 is 0. The van der Waals surface area contributed by atoms with Gasteiger partial charge in [-0.15, -0.1) is 0 Å². The highest BCUT2D eigenvalue weighted by Gasteiger charge is 2.53. The highest BCUT2D eigenvalue weighted by Crippen LogP contribution is 2.60. The first kappa shape index (κ1) is 17.9. The Morgan fingerprint density at radius 1 is 0.867 bits per heavy atom. The van der Waals surface area contributed by atoms with E-state index in [0.29, 0.717) is 0 Å². The fourth-order valence-corrected chi connectivity index (χ4v) is 6.77. The molecule has 0 saturated heterocycles. The quantitative estimate of drug-likeness (QED) is 0.623. The van der Waals surface area contributed by atoms with Crippen LogP contribution in [0.15, 0.2) is 66.9 Å². The Balaban J connectivity index is 1.43. The van der Waals surface area contributed by atoms with Crippen molar-refractivity contribution in [3.05, 3.63) is 78.1 Å². The molecular weight excluding hydrogens is 370 g/mol. The van der Waals surface area contributed by atoms with E-state index in [1.807, 2.05) is 59.4 Å². The first-order chi connectivity index (χ1) is 14.7. The Labute approximate surface area is 177 Å². The number of para-hydroxylation sites is 2. The van der Waals surface area contributed by atoms with E-state index in [4.69, 9.17) is 5.10 Å². The predicted molar refractivity (Wildman–Crippen MR) is 118 cm³/mol. The third-order valence-electron chi connectivity index (χ3n) is 7.55. The van der Waals surface area contributed by atoms with Gasteiger partial charge in [0.2, 0.25) is 0 Å². The average molecular weight is 398 g/mol. The van der Waals surface area contributed by atoms with Crippen LogP contribution in [0.4, 0.5) is 5.69 Å². The Hall–Kier alpha value is -2.88. The van der Waals surface area contributed by atoms with E-state index < -0.39 is 0 Å². The van der Waals surface area contributed by atoms with Crippen LogP contribution in [-0.4, -0.2) is 15.7 Å². The number of amides is 1. The summed E-state index contributed by atoms with van der Waals surface area (Å²) in [5.74, 6) is 2.38. The van der Waals surface area contributed by atoms with Gasteiger partial charge in [0.1, 0.15) is 0 Å². The lowest BCUT2D eigenvalue weighted by molar-refractivity contribution is -0.00765. The highest BCUT2D eigenvalue weighted by molar-refractivity contribution is 6.05. The third-order valence-corrected chi connectivity index (χ3v) is 7.55. The van der Waals surface area contributed by atoms with Crippen LogP contribution in [-0.2, 0) is 5.41 Å². The lowest BCUT2D eigenvalue weighted by Gasteiger charge is -2.56. The molecule has 3 aromatic rings. The van der Waals surface area contributed by atoms with Crippen molar-refractivity contribution >= 4 is 11.6 Å². The fourth-order valence-electron chi connectivity index (χ4n) is 6.77. The Morgan fingerprint density at radius 2 is 1.43 bits per heavy atom. The van der Waals surface area contributed by atoms with Crippen molar-refractivity contribution in [3.63, 3.8) is 0 Å². The van der Waals surface area contributed by atoms with Crippen LogP contribution in [0.2, 0.25) is 0 Å². The van der Waals surface area contributed by atoms with Crippen LogP contribution in [0, 0.1) is 17.8 Å². The highest BCUT2D eigenvalue weighted by atomic mass is 16.1. The van der Waals surface area contributed by atoms with Crippen molar-refractivity contribution < 1.29 is 4.79 Å². The summed E-state index contributed by atoms with van der Waals surface area (Å²) in [6.45, 7) is 0. The Morgan fingerprint density at radius 3 is 2.03 bits per heavy atom. The molecule has 4 aliphatic rings. The maximum Gasteiger partial charge on any atom is 0.259 e. The van der Waals surface area contributed by atoms with Gasteiger partial charge in [0.05, 0.1) is 16.9 Å². The molecule has 4 fully saturated rings. The van der Waals surface area contributed by atoms with Crippen molar-refractivity contribution in [2.45, 2.75) is 43.9 Å². The topological polar surface area (TPSA) is 46.9 Å². The largest absolute Gasteiger partial charge is 0.322 e. The minimum atomic E-state index is -0.0471. The number of rotatable bonds is 4. The van der Waals surface area contributed by atoms with Gasteiger partial charge < -0.3 is 5.32 Å². The molecule has 0 atom stereocenters. The number of hydrogen-bond acceptors (Lipinski definition) is 2. The summed E-state index contributed by atoms with van der Waals surface area (Å²) in [6, 6.07) is 19.9. The number of hydrogen-bond donors (Lipinski definition) is 1. The molecule has 1 aromatic heterocycles. The van der Waals surface area contributed by atoms with Crippen molar-refractivity contribution in [2.75, 3.05) is 5.32 Å². The second kappa shape index (κ2) is 6.83. The summed E-state index contributed by atoms with van der Waals surface area (Å²) < 4.78 is 1.91. The first-order valence-corrected chi connectivity index (χ1v) is 11.2. The van der Waals surface area contributed by atoms with Crippen LogP contribution < -0.4 is 5.32 Å². The SMILES string of the molecule is O=C(Nc1ccccc1)c1cn(-c2ccccc2)nc1C12CC3CC(CC(C3)C1)C2. The number of benzene rings is 2. The molecule has 1 amide bonds. The summed E-state index contributed by atoms with van der Waals surface area (Å²) in [5, 5.41) is 8.19. The Kier molecular flexibility index (Phi) is 4.08. The Bertz CT molecular complexity index is 1030. The van der Waals surface area contributed by atoms with Gasteiger partial charge in [-0.25, -0.2) is 4.68 Å². The van der Waals surface area contributed by atoms with Gasteiger partial charge in [-0.2, -0.15) is 5.10 Å². The normalized spacial score (nSPS) is 29.1.